The van der Waals surface area contributed by atoms with Gasteiger partial charge in [-0.05, 0) is 25.1 Å². The van der Waals surface area contributed by atoms with E-state index < -0.39 is 29.7 Å². The summed E-state index contributed by atoms with van der Waals surface area (Å²) in [4.78, 5) is 50.8. The number of ether oxygens (including phenoxy) is 1. The minimum atomic E-state index is -0.983. The number of rotatable bonds is 9. The minimum Gasteiger partial charge on any atom is -0.384 e. The first-order valence-corrected chi connectivity index (χ1v) is 10.8. The number of nitrogens with two attached hydrogens (primary N) is 1. The van der Waals surface area contributed by atoms with Gasteiger partial charge < -0.3 is 15.8 Å². The maximum atomic E-state index is 13.2. The molecule has 0 saturated carbocycles. The molecule has 1 fully saturated rings. The molecule has 4 amide bonds. The van der Waals surface area contributed by atoms with Crippen LogP contribution < -0.4 is 16.4 Å². The average molecular weight is 445 g/mol. The van der Waals surface area contributed by atoms with E-state index in [4.69, 9.17) is 10.5 Å². The van der Waals surface area contributed by atoms with Crippen LogP contribution in [0.25, 0.3) is 0 Å². The second-order valence-electron chi connectivity index (χ2n) is 10.1. The van der Waals surface area contributed by atoms with Gasteiger partial charge in [0.2, 0.25) is 11.8 Å². The van der Waals surface area contributed by atoms with E-state index in [9.17, 15) is 19.2 Å². The number of hydrogen-bond donors (Lipinski definition) is 3. The van der Waals surface area contributed by atoms with Gasteiger partial charge in [0.1, 0.15) is 6.04 Å². The van der Waals surface area contributed by atoms with Gasteiger partial charge in [0.05, 0.1) is 24.3 Å². The van der Waals surface area contributed by atoms with Crippen molar-refractivity contribution in [3.63, 3.8) is 0 Å². The van der Waals surface area contributed by atoms with Gasteiger partial charge >= 0.3 is 0 Å². The smallest absolute Gasteiger partial charge is 0.264 e. The topological polar surface area (TPSA) is 131 Å². The van der Waals surface area contributed by atoms with E-state index in [0.717, 1.165) is 4.90 Å². The van der Waals surface area contributed by atoms with Crippen molar-refractivity contribution in [1.82, 2.24) is 10.2 Å². The van der Waals surface area contributed by atoms with Crippen LogP contribution in [0.2, 0.25) is 0 Å². The zero-order chi connectivity index (χ0) is 23.7. The molecule has 9 heteroatoms. The number of benzene rings is 1. The van der Waals surface area contributed by atoms with E-state index >= 15 is 0 Å². The summed E-state index contributed by atoms with van der Waals surface area (Å²) in [5, 5.41) is 5.49. The number of carbonyl (C=O) groups is 4. The number of imide groups is 2. The van der Waals surface area contributed by atoms with Crippen LogP contribution in [-0.2, 0) is 14.3 Å². The van der Waals surface area contributed by atoms with Crippen molar-refractivity contribution < 1.29 is 23.9 Å². The Morgan fingerprint density at radius 3 is 2.44 bits per heavy atom. The lowest BCUT2D eigenvalue weighted by atomic mass is 9.93. The first-order valence-electron chi connectivity index (χ1n) is 10.8. The summed E-state index contributed by atoms with van der Waals surface area (Å²) in [6.45, 7) is 10.2. The van der Waals surface area contributed by atoms with Gasteiger partial charge in [0.25, 0.3) is 11.8 Å². The molecule has 32 heavy (non-hydrogen) atoms. The number of carbonyl (C=O) groups excluding carboxylic acids is 4. The van der Waals surface area contributed by atoms with Crippen molar-refractivity contribution in [1.29, 1.82) is 0 Å². The Hall–Kier alpha value is -2.78. The highest BCUT2D eigenvalue weighted by atomic mass is 16.5. The van der Waals surface area contributed by atoms with Gasteiger partial charge in [-0.15, -0.1) is 0 Å². The minimum absolute atomic E-state index is 0.0874. The number of nitrogens with zero attached hydrogens (tertiary/aromatic N) is 1. The van der Waals surface area contributed by atoms with Crippen LogP contribution in [0.3, 0.4) is 0 Å². The fraction of sp³-hybridized carbons (Fsp3) is 0.565. The van der Waals surface area contributed by atoms with Crippen molar-refractivity contribution in [3.05, 3.63) is 29.3 Å². The van der Waals surface area contributed by atoms with E-state index in [0.29, 0.717) is 32.0 Å². The van der Waals surface area contributed by atoms with Crippen LogP contribution >= 0.6 is 0 Å². The van der Waals surface area contributed by atoms with Crippen molar-refractivity contribution >= 4 is 29.3 Å². The van der Waals surface area contributed by atoms with Crippen molar-refractivity contribution in [2.45, 2.75) is 46.6 Å². The SMILES string of the molecule is CC(C)(CN)COCC(C)(C)CNc1cccc2c1C(=O)N(C1CCC(=O)NC1=O)C2=O. The molecule has 1 aromatic rings. The van der Waals surface area contributed by atoms with Gasteiger partial charge in [-0.1, -0.05) is 33.8 Å². The molecule has 0 spiro atoms. The highest BCUT2D eigenvalue weighted by molar-refractivity contribution is 6.25. The molecule has 1 unspecified atom stereocenters. The van der Waals surface area contributed by atoms with Gasteiger partial charge in [-0.2, -0.15) is 0 Å². The Balaban J connectivity index is 1.71. The number of amides is 4. The normalized spacial score (nSPS) is 19.3. The lowest BCUT2D eigenvalue weighted by molar-refractivity contribution is -0.136. The quantitative estimate of drug-likeness (QED) is 0.492. The molecule has 2 heterocycles. The van der Waals surface area contributed by atoms with Crippen LogP contribution in [0.5, 0.6) is 0 Å². The van der Waals surface area contributed by atoms with Crippen LogP contribution in [0, 0.1) is 10.8 Å². The zero-order valence-corrected chi connectivity index (χ0v) is 19.1. The van der Waals surface area contributed by atoms with Crippen molar-refractivity contribution in [3.8, 4) is 0 Å². The summed E-state index contributed by atoms with van der Waals surface area (Å²) >= 11 is 0. The third-order valence-corrected chi connectivity index (χ3v) is 5.76. The molecule has 1 atom stereocenters. The summed E-state index contributed by atoms with van der Waals surface area (Å²) in [7, 11) is 0. The molecule has 1 saturated heterocycles. The summed E-state index contributed by atoms with van der Waals surface area (Å²) < 4.78 is 5.87. The summed E-state index contributed by atoms with van der Waals surface area (Å²) in [6, 6.07) is 4.04. The Morgan fingerprint density at radius 1 is 1.09 bits per heavy atom. The Bertz CT molecular complexity index is 940. The Labute approximate surface area is 188 Å². The largest absolute Gasteiger partial charge is 0.384 e. The first kappa shape index (κ1) is 23.9. The molecular formula is C23H32N4O5. The maximum Gasteiger partial charge on any atom is 0.264 e. The number of hydrogen-bond acceptors (Lipinski definition) is 7. The molecule has 4 N–H and O–H groups in total. The molecule has 1 aromatic carbocycles. The van der Waals surface area contributed by atoms with Gasteiger partial charge in [0, 0.05) is 29.5 Å². The van der Waals surface area contributed by atoms with Crippen LogP contribution in [0.4, 0.5) is 5.69 Å². The van der Waals surface area contributed by atoms with E-state index in [1.165, 1.54) is 0 Å². The second kappa shape index (κ2) is 8.99. The summed E-state index contributed by atoms with van der Waals surface area (Å²) in [5.41, 5.74) is 6.44. The lowest BCUT2D eigenvalue weighted by Crippen LogP contribution is -2.54. The second-order valence-corrected chi connectivity index (χ2v) is 10.1. The molecule has 0 bridgehead atoms. The standard InChI is InChI=1S/C23H32N4O5/c1-22(2,10-24)12-32-13-23(3,4)11-25-15-7-5-6-14-18(15)21(31)27(20(14)30)16-8-9-17(28)26-19(16)29/h5-7,16,25H,8-13,24H2,1-4H3,(H,26,28,29). The predicted molar refractivity (Wildman–Crippen MR) is 119 cm³/mol. The molecule has 2 aliphatic heterocycles. The molecular weight excluding hydrogens is 412 g/mol. The third-order valence-electron chi connectivity index (χ3n) is 5.76. The highest BCUT2D eigenvalue weighted by Gasteiger charge is 2.45. The highest BCUT2D eigenvalue weighted by Crippen LogP contribution is 2.33. The number of fused-ring (bicyclic) bond motifs is 1. The fourth-order valence-electron chi connectivity index (χ4n) is 3.71. The lowest BCUT2D eigenvalue weighted by Gasteiger charge is -2.29. The van der Waals surface area contributed by atoms with Gasteiger partial charge in [-0.25, -0.2) is 0 Å². The molecule has 0 radical (unpaired) electrons. The van der Waals surface area contributed by atoms with Gasteiger partial charge in [0.15, 0.2) is 0 Å². The average Bonchev–Trinajstić information content (AvgIpc) is 2.97. The molecule has 0 aliphatic carbocycles. The van der Waals surface area contributed by atoms with Crippen molar-refractivity contribution in [2.75, 3.05) is 31.6 Å². The maximum absolute atomic E-state index is 13.2. The van der Waals surface area contributed by atoms with E-state index in [2.05, 4.69) is 10.6 Å². The summed E-state index contributed by atoms with van der Waals surface area (Å²) in [6.07, 6.45) is 0.215. The monoisotopic (exact) mass is 444 g/mol. The number of piperidine rings is 1. The van der Waals surface area contributed by atoms with Gasteiger partial charge in [-0.3, -0.25) is 29.4 Å². The third kappa shape index (κ3) is 4.99. The molecule has 9 nitrogen and oxygen atoms in total. The van der Waals surface area contributed by atoms with E-state index in [-0.39, 0.29) is 34.8 Å². The summed E-state index contributed by atoms with van der Waals surface area (Å²) in [5.74, 6) is -2.07. The first-order chi connectivity index (χ1) is 15.0. The van der Waals surface area contributed by atoms with Crippen LogP contribution in [0.1, 0.15) is 61.3 Å². The zero-order valence-electron chi connectivity index (χ0n) is 19.1. The van der Waals surface area contributed by atoms with Crippen LogP contribution in [-0.4, -0.2) is 60.9 Å². The molecule has 0 aromatic heterocycles. The number of anilines is 1. The molecule has 2 aliphatic rings. The van der Waals surface area contributed by atoms with Crippen LogP contribution in [0.15, 0.2) is 18.2 Å². The fourth-order valence-corrected chi connectivity index (χ4v) is 3.71. The van der Waals surface area contributed by atoms with Crippen molar-refractivity contribution in [2.24, 2.45) is 16.6 Å². The van der Waals surface area contributed by atoms with E-state index in [1.54, 1.807) is 18.2 Å². The molecule has 174 valence electrons. The Morgan fingerprint density at radius 2 is 1.78 bits per heavy atom. The Kier molecular flexibility index (Phi) is 6.71. The van der Waals surface area contributed by atoms with E-state index in [1.807, 2.05) is 27.7 Å². The number of nitrogens with one attached hydrogen (secondary N) is 2. The molecule has 3 rings (SSSR count). The predicted octanol–water partition coefficient (Wildman–Crippen LogP) is 1.53.